The predicted octanol–water partition coefficient (Wildman–Crippen LogP) is 1.66. The third kappa shape index (κ3) is 3.63. The fraction of sp³-hybridized carbons (Fsp3) is 0.231. The van der Waals surface area contributed by atoms with Crippen LogP contribution in [0.1, 0.15) is 0 Å². The van der Waals surface area contributed by atoms with Crippen LogP contribution in [0.3, 0.4) is 0 Å². The molecule has 0 unspecified atom stereocenters. The molecule has 1 heterocycles. The average molecular weight is 291 g/mol. The Morgan fingerprint density at radius 3 is 2.90 bits per heavy atom. The second-order valence-corrected chi connectivity index (χ2v) is 4.17. The topological polar surface area (TPSA) is 115 Å². The fourth-order valence-electron chi connectivity index (χ4n) is 1.86. The Morgan fingerprint density at radius 2 is 2.19 bits per heavy atom. The highest BCUT2D eigenvalue weighted by molar-refractivity contribution is 5.95. The number of carboxylic acids is 1. The normalized spacial score (nSPS) is 10.5. The van der Waals surface area contributed by atoms with Crippen molar-refractivity contribution in [2.75, 3.05) is 25.1 Å². The van der Waals surface area contributed by atoms with Gasteiger partial charge in [0, 0.05) is 11.9 Å². The highest BCUT2D eigenvalue weighted by Crippen LogP contribution is 2.30. The van der Waals surface area contributed by atoms with Crippen LogP contribution in [0.25, 0.3) is 10.9 Å². The molecule has 0 saturated carbocycles. The van der Waals surface area contributed by atoms with Crippen molar-refractivity contribution in [2.24, 2.45) is 0 Å². The zero-order chi connectivity index (χ0) is 15.2. The van der Waals surface area contributed by atoms with Crippen LogP contribution >= 0.6 is 0 Å². The molecule has 0 aliphatic rings. The van der Waals surface area contributed by atoms with Crippen LogP contribution in [-0.2, 0) is 9.53 Å². The van der Waals surface area contributed by atoms with Gasteiger partial charge in [0.15, 0.2) is 0 Å². The summed E-state index contributed by atoms with van der Waals surface area (Å²) in [6.07, 6.45) is 1.20. The van der Waals surface area contributed by atoms with Crippen molar-refractivity contribution in [1.82, 2.24) is 4.98 Å². The SMILES string of the molecule is O=C(O)COCCNc1c([N+](=O)[O-])cnc2ccccc12. The average Bonchev–Trinajstić information content (AvgIpc) is 2.46. The Kier molecular flexibility index (Phi) is 4.62. The monoisotopic (exact) mass is 291 g/mol. The van der Waals surface area contributed by atoms with E-state index in [2.05, 4.69) is 10.3 Å². The standard InChI is InChI=1S/C13H13N3O5/c17-12(18)8-21-6-5-14-13-9-3-1-2-4-10(9)15-7-11(13)16(19)20/h1-4,7H,5-6,8H2,(H,14,15)(H,17,18). The van der Waals surface area contributed by atoms with Gasteiger partial charge in [0.05, 0.1) is 17.0 Å². The van der Waals surface area contributed by atoms with Gasteiger partial charge in [-0.1, -0.05) is 18.2 Å². The van der Waals surface area contributed by atoms with Crippen LogP contribution in [0.15, 0.2) is 30.5 Å². The minimum Gasteiger partial charge on any atom is -0.480 e. The van der Waals surface area contributed by atoms with E-state index in [1.54, 1.807) is 24.3 Å². The molecule has 0 fully saturated rings. The molecule has 0 bridgehead atoms. The number of para-hydroxylation sites is 1. The van der Waals surface area contributed by atoms with E-state index in [1.807, 2.05) is 0 Å². The molecule has 1 aromatic heterocycles. The summed E-state index contributed by atoms with van der Waals surface area (Å²) in [7, 11) is 0. The maximum Gasteiger partial charge on any atom is 0.329 e. The quantitative estimate of drug-likeness (QED) is 0.453. The van der Waals surface area contributed by atoms with Crippen molar-refractivity contribution in [2.45, 2.75) is 0 Å². The maximum absolute atomic E-state index is 11.1. The molecule has 0 atom stereocenters. The molecule has 0 saturated heterocycles. The lowest BCUT2D eigenvalue weighted by molar-refractivity contribution is -0.384. The lowest BCUT2D eigenvalue weighted by Gasteiger charge is -2.09. The highest BCUT2D eigenvalue weighted by atomic mass is 16.6. The summed E-state index contributed by atoms with van der Waals surface area (Å²) in [4.78, 5) is 24.9. The van der Waals surface area contributed by atoms with E-state index in [9.17, 15) is 14.9 Å². The van der Waals surface area contributed by atoms with Gasteiger partial charge in [0.1, 0.15) is 18.5 Å². The van der Waals surface area contributed by atoms with E-state index in [1.165, 1.54) is 6.20 Å². The zero-order valence-electron chi connectivity index (χ0n) is 11.0. The van der Waals surface area contributed by atoms with Crippen molar-refractivity contribution >= 4 is 28.2 Å². The number of carboxylic acid groups (broad SMARTS) is 1. The number of pyridine rings is 1. The molecule has 8 nitrogen and oxygen atoms in total. The zero-order valence-corrected chi connectivity index (χ0v) is 11.0. The molecule has 0 aliphatic heterocycles. The lowest BCUT2D eigenvalue weighted by atomic mass is 10.1. The van der Waals surface area contributed by atoms with E-state index in [0.29, 0.717) is 16.6 Å². The number of rotatable bonds is 7. The van der Waals surface area contributed by atoms with Crippen molar-refractivity contribution < 1.29 is 19.6 Å². The van der Waals surface area contributed by atoms with E-state index < -0.39 is 17.5 Å². The number of hydrogen-bond acceptors (Lipinski definition) is 6. The van der Waals surface area contributed by atoms with Gasteiger partial charge in [0.25, 0.3) is 0 Å². The molecule has 2 N–H and O–H groups in total. The molecule has 2 aromatic rings. The Hall–Kier alpha value is -2.74. The fourth-order valence-corrected chi connectivity index (χ4v) is 1.86. The maximum atomic E-state index is 11.1. The van der Waals surface area contributed by atoms with Gasteiger partial charge < -0.3 is 15.2 Å². The van der Waals surface area contributed by atoms with Crippen molar-refractivity contribution in [3.05, 3.63) is 40.6 Å². The van der Waals surface area contributed by atoms with Crippen LogP contribution in [0.2, 0.25) is 0 Å². The van der Waals surface area contributed by atoms with Crippen molar-refractivity contribution in [3.63, 3.8) is 0 Å². The summed E-state index contributed by atoms with van der Waals surface area (Å²) >= 11 is 0. The van der Waals surface area contributed by atoms with E-state index in [-0.39, 0.29) is 18.8 Å². The number of benzene rings is 1. The van der Waals surface area contributed by atoms with Crippen LogP contribution in [-0.4, -0.2) is 40.7 Å². The number of anilines is 1. The smallest absolute Gasteiger partial charge is 0.329 e. The number of nitrogens with one attached hydrogen (secondary N) is 1. The molecule has 0 aliphatic carbocycles. The van der Waals surface area contributed by atoms with Crippen molar-refractivity contribution in [1.29, 1.82) is 0 Å². The summed E-state index contributed by atoms with van der Waals surface area (Å²) in [6, 6.07) is 7.04. The number of fused-ring (bicyclic) bond motifs is 1. The molecule has 110 valence electrons. The first-order chi connectivity index (χ1) is 10.1. The predicted molar refractivity (Wildman–Crippen MR) is 75.3 cm³/mol. The number of carbonyl (C=O) groups is 1. The minimum atomic E-state index is -1.06. The molecule has 21 heavy (non-hydrogen) atoms. The van der Waals surface area contributed by atoms with Crippen LogP contribution < -0.4 is 5.32 Å². The summed E-state index contributed by atoms with van der Waals surface area (Å²) in [5.41, 5.74) is 0.855. The Balaban J connectivity index is 2.17. The Labute approximate surface area is 119 Å². The number of nitrogens with zero attached hydrogens (tertiary/aromatic N) is 2. The number of nitro groups is 1. The van der Waals surface area contributed by atoms with Gasteiger partial charge in [-0.05, 0) is 6.07 Å². The Bertz CT molecular complexity index is 674. The molecule has 2 rings (SSSR count). The van der Waals surface area contributed by atoms with Gasteiger partial charge in [0.2, 0.25) is 0 Å². The Morgan fingerprint density at radius 1 is 1.43 bits per heavy atom. The molecule has 0 amide bonds. The third-order valence-electron chi connectivity index (χ3n) is 2.73. The minimum absolute atomic E-state index is 0.125. The summed E-state index contributed by atoms with van der Waals surface area (Å²) in [6.45, 7) is -0.0247. The van der Waals surface area contributed by atoms with E-state index >= 15 is 0 Å². The number of aromatic nitrogens is 1. The van der Waals surface area contributed by atoms with Gasteiger partial charge in [-0.2, -0.15) is 0 Å². The lowest BCUT2D eigenvalue weighted by Crippen LogP contribution is -2.15. The van der Waals surface area contributed by atoms with E-state index in [4.69, 9.17) is 9.84 Å². The van der Waals surface area contributed by atoms with E-state index in [0.717, 1.165) is 0 Å². The number of hydrogen-bond donors (Lipinski definition) is 2. The molecule has 0 spiro atoms. The largest absolute Gasteiger partial charge is 0.480 e. The van der Waals surface area contributed by atoms with Gasteiger partial charge >= 0.3 is 11.7 Å². The first-order valence-corrected chi connectivity index (χ1v) is 6.15. The first-order valence-electron chi connectivity index (χ1n) is 6.15. The van der Waals surface area contributed by atoms with Crippen LogP contribution in [0.5, 0.6) is 0 Å². The van der Waals surface area contributed by atoms with Gasteiger partial charge in [-0.25, -0.2) is 9.78 Å². The van der Waals surface area contributed by atoms with Crippen LogP contribution in [0.4, 0.5) is 11.4 Å². The molecular weight excluding hydrogens is 278 g/mol. The molecule has 8 heteroatoms. The highest BCUT2D eigenvalue weighted by Gasteiger charge is 2.17. The summed E-state index contributed by atoms with van der Waals surface area (Å²) < 4.78 is 4.88. The second-order valence-electron chi connectivity index (χ2n) is 4.17. The van der Waals surface area contributed by atoms with Crippen LogP contribution in [0, 0.1) is 10.1 Å². The number of aliphatic carboxylic acids is 1. The molecule has 0 radical (unpaired) electrons. The van der Waals surface area contributed by atoms with Gasteiger partial charge in [-0.3, -0.25) is 10.1 Å². The first kappa shape index (κ1) is 14.7. The number of ether oxygens (including phenoxy) is 1. The third-order valence-corrected chi connectivity index (χ3v) is 2.73. The van der Waals surface area contributed by atoms with Crippen molar-refractivity contribution in [3.8, 4) is 0 Å². The van der Waals surface area contributed by atoms with Gasteiger partial charge in [-0.15, -0.1) is 0 Å². The molecule has 1 aromatic carbocycles. The second kappa shape index (κ2) is 6.62. The summed E-state index contributed by atoms with van der Waals surface area (Å²) in [5.74, 6) is -1.06. The molecular formula is C13H13N3O5. The summed E-state index contributed by atoms with van der Waals surface area (Å²) in [5, 5.41) is 23.0.